The number of ether oxygens (including phenoxy) is 2. The maximum absolute atomic E-state index is 5.82. The van der Waals surface area contributed by atoms with Crippen molar-refractivity contribution in [1.82, 2.24) is 0 Å². The molecule has 1 aromatic rings. The SMILES string of the molecule is CCOC(C)Oc1cccc(C(C(C)C)C(C)(C)C)c1. The van der Waals surface area contributed by atoms with Gasteiger partial charge in [0.15, 0.2) is 6.29 Å². The van der Waals surface area contributed by atoms with Gasteiger partial charge in [0.1, 0.15) is 5.75 Å². The van der Waals surface area contributed by atoms with E-state index in [9.17, 15) is 0 Å². The Hall–Kier alpha value is -1.02. The fourth-order valence-electron chi connectivity index (χ4n) is 3.13. The van der Waals surface area contributed by atoms with Gasteiger partial charge in [-0.2, -0.15) is 0 Å². The van der Waals surface area contributed by atoms with Gasteiger partial charge in [-0.3, -0.25) is 0 Å². The highest BCUT2D eigenvalue weighted by Crippen LogP contribution is 2.41. The molecule has 2 nitrogen and oxygen atoms in total. The molecule has 0 fully saturated rings. The second kappa shape index (κ2) is 7.12. The first-order chi connectivity index (χ1) is 9.25. The molecular weight excluding hydrogens is 248 g/mol. The fourth-order valence-corrected chi connectivity index (χ4v) is 3.13. The third-order valence-corrected chi connectivity index (χ3v) is 3.52. The van der Waals surface area contributed by atoms with Gasteiger partial charge in [0.2, 0.25) is 0 Å². The Morgan fingerprint density at radius 1 is 1.10 bits per heavy atom. The van der Waals surface area contributed by atoms with Gasteiger partial charge < -0.3 is 9.47 Å². The summed E-state index contributed by atoms with van der Waals surface area (Å²) in [6.45, 7) is 16.0. The molecular formula is C18H30O2. The number of hydrogen-bond acceptors (Lipinski definition) is 2. The summed E-state index contributed by atoms with van der Waals surface area (Å²) < 4.78 is 11.3. The highest BCUT2D eigenvalue weighted by Gasteiger charge is 2.29. The summed E-state index contributed by atoms with van der Waals surface area (Å²) in [5, 5.41) is 0. The molecule has 0 aliphatic rings. The first-order valence-electron chi connectivity index (χ1n) is 7.64. The summed E-state index contributed by atoms with van der Waals surface area (Å²) in [4.78, 5) is 0. The first kappa shape index (κ1) is 17.0. The molecule has 114 valence electrons. The largest absolute Gasteiger partial charge is 0.465 e. The van der Waals surface area contributed by atoms with E-state index in [4.69, 9.17) is 9.47 Å². The zero-order valence-corrected chi connectivity index (χ0v) is 14.1. The second-order valence-corrected chi connectivity index (χ2v) is 6.80. The molecule has 0 N–H and O–H groups in total. The van der Waals surface area contributed by atoms with Crippen molar-refractivity contribution in [3.05, 3.63) is 29.8 Å². The van der Waals surface area contributed by atoms with Crippen LogP contribution in [0.2, 0.25) is 0 Å². The predicted octanol–water partition coefficient (Wildman–Crippen LogP) is 5.23. The number of hydrogen-bond donors (Lipinski definition) is 0. The molecule has 2 heteroatoms. The minimum absolute atomic E-state index is 0.206. The lowest BCUT2D eigenvalue weighted by atomic mass is 9.70. The van der Waals surface area contributed by atoms with Crippen LogP contribution in [-0.2, 0) is 4.74 Å². The lowest BCUT2D eigenvalue weighted by Crippen LogP contribution is -2.23. The Morgan fingerprint density at radius 3 is 2.25 bits per heavy atom. The summed E-state index contributed by atoms with van der Waals surface area (Å²) in [5.41, 5.74) is 1.58. The Bertz CT molecular complexity index is 404. The van der Waals surface area contributed by atoms with E-state index < -0.39 is 0 Å². The molecule has 0 aromatic heterocycles. The highest BCUT2D eigenvalue weighted by molar-refractivity contribution is 5.32. The van der Waals surface area contributed by atoms with Crippen molar-refractivity contribution in [2.75, 3.05) is 6.61 Å². The molecule has 1 rings (SSSR count). The van der Waals surface area contributed by atoms with Crippen molar-refractivity contribution in [2.45, 2.75) is 60.7 Å². The Morgan fingerprint density at radius 2 is 1.75 bits per heavy atom. The summed E-state index contributed by atoms with van der Waals surface area (Å²) in [7, 11) is 0. The van der Waals surface area contributed by atoms with Crippen LogP contribution >= 0.6 is 0 Å². The van der Waals surface area contributed by atoms with Crippen molar-refractivity contribution in [2.24, 2.45) is 11.3 Å². The van der Waals surface area contributed by atoms with Crippen molar-refractivity contribution < 1.29 is 9.47 Å². The van der Waals surface area contributed by atoms with Crippen LogP contribution in [0, 0.1) is 11.3 Å². The van der Waals surface area contributed by atoms with Crippen molar-refractivity contribution >= 4 is 0 Å². The minimum Gasteiger partial charge on any atom is -0.465 e. The summed E-state index contributed by atoms with van der Waals surface area (Å²) >= 11 is 0. The van der Waals surface area contributed by atoms with Crippen molar-refractivity contribution in [1.29, 1.82) is 0 Å². The lowest BCUT2D eigenvalue weighted by molar-refractivity contribution is -0.0613. The van der Waals surface area contributed by atoms with E-state index >= 15 is 0 Å². The van der Waals surface area contributed by atoms with Gasteiger partial charge >= 0.3 is 0 Å². The normalized spacial score (nSPS) is 15.2. The molecule has 0 bridgehead atoms. The van der Waals surface area contributed by atoms with Crippen LogP contribution in [0.1, 0.15) is 59.9 Å². The number of benzene rings is 1. The summed E-state index contributed by atoms with van der Waals surface area (Å²) in [6.07, 6.45) is -0.206. The van der Waals surface area contributed by atoms with Gasteiger partial charge in [-0.1, -0.05) is 46.8 Å². The molecule has 0 saturated carbocycles. The first-order valence-corrected chi connectivity index (χ1v) is 7.64. The van der Waals surface area contributed by atoms with Gasteiger partial charge in [-0.05, 0) is 48.8 Å². The van der Waals surface area contributed by atoms with Crippen molar-refractivity contribution in [3.63, 3.8) is 0 Å². The average molecular weight is 278 g/mol. The maximum Gasteiger partial charge on any atom is 0.196 e. The molecule has 0 aliphatic heterocycles. The second-order valence-electron chi connectivity index (χ2n) is 6.80. The van der Waals surface area contributed by atoms with Crippen LogP contribution in [0.25, 0.3) is 0 Å². The van der Waals surface area contributed by atoms with Gasteiger partial charge in [-0.15, -0.1) is 0 Å². The van der Waals surface area contributed by atoms with Crippen molar-refractivity contribution in [3.8, 4) is 5.75 Å². The third-order valence-electron chi connectivity index (χ3n) is 3.52. The molecule has 0 saturated heterocycles. The van der Waals surface area contributed by atoms with E-state index in [0.717, 1.165) is 5.75 Å². The summed E-state index contributed by atoms with van der Waals surface area (Å²) in [6, 6.07) is 8.43. The molecule has 2 atom stereocenters. The van der Waals surface area contributed by atoms with Crippen LogP contribution < -0.4 is 4.74 Å². The van der Waals surface area contributed by atoms with Gasteiger partial charge in [0.25, 0.3) is 0 Å². The molecule has 1 aromatic carbocycles. The minimum atomic E-state index is -0.206. The van der Waals surface area contributed by atoms with Gasteiger partial charge in [-0.25, -0.2) is 0 Å². The van der Waals surface area contributed by atoms with Crippen LogP contribution in [0.15, 0.2) is 24.3 Å². The summed E-state index contributed by atoms with van der Waals surface area (Å²) in [5.74, 6) is 1.99. The van der Waals surface area contributed by atoms with Gasteiger partial charge in [0, 0.05) is 6.61 Å². The monoisotopic (exact) mass is 278 g/mol. The Labute approximate surface area is 124 Å². The number of rotatable bonds is 6. The fraction of sp³-hybridized carbons (Fsp3) is 0.667. The standard InChI is InChI=1S/C18H30O2/c1-8-19-14(4)20-16-11-9-10-15(12-16)17(13(2)3)18(5,6)7/h9-14,17H,8H2,1-7H3. The van der Waals surface area contributed by atoms with Crippen LogP contribution in [0.5, 0.6) is 5.75 Å². The maximum atomic E-state index is 5.82. The van der Waals surface area contributed by atoms with E-state index in [1.165, 1.54) is 5.56 Å². The third kappa shape index (κ3) is 4.82. The quantitative estimate of drug-likeness (QED) is 0.663. The van der Waals surface area contributed by atoms with E-state index in [1.54, 1.807) is 0 Å². The van der Waals surface area contributed by atoms with E-state index in [2.05, 4.69) is 52.8 Å². The smallest absolute Gasteiger partial charge is 0.196 e. The zero-order chi connectivity index (χ0) is 15.3. The Kier molecular flexibility index (Phi) is 6.07. The van der Waals surface area contributed by atoms with Crippen LogP contribution in [-0.4, -0.2) is 12.9 Å². The topological polar surface area (TPSA) is 18.5 Å². The molecule has 0 amide bonds. The van der Waals surface area contributed by atoms with E-state index in [0.29, 0.717) is 18.4 Å². The van der Waals surface area contributed by atoms with Gasteiger partial charge in [0.05, 0.1) is 0 Å². The molecule has 0 radical (unpaired) electrons. The molecule has 20 heavy (non-hydrogen) atoms. The van der Waals surface area contributed by atoms with E-state index in [-0.39, 0.29) is 11.7 Å². The van der Waals surface area contributed by atoms with E-state index in [1.807, 2.05) is 19.9 Å². The highest BCUT2D eigenvalue weighted by atomic mass is 16.7. The van der Waals surface area contributed by atoms with Crippen LogP contribution in [0.4, 0.5) is 0 Å². The predicted molar refractivity (Wildman–Crippen MR) is 85.2 cm³/mol. The molecule has 0 heterocycles. The lowest BCUT2D eigenvalue weighted by Gasteiger charge is -2.34. The Balaban J connectivity index is 2.96. The van der Waals surface area contributed by atoms with Crippen LogP contribution in [0.3, 0.4) is 0 Å². The molecule has 2 unspecified atom stereocenters. The zero-order valence-electron chi connectivity index (χ0n) is 14.1. The molecule has 0 aliphatic carbocycles. The molecule has 0 spiro atoms. The average Bonchev–Trinajstić information content (AvgIpc) is 2.26.